The van der Waals surface area contributed by atoms with E-state index in [9.17, 15) is 14.4 Å². The summed E-state index contributed by atoms with van der Waals surface area (Å²) in [5.74, 6) is -0.808. The van der Waals surface area contributed by atoms with Crippen molar-refractivity contribution in [3.05, 3.63) is 70.0 Å². The van der Waals surface area contributed by atoms with Crippen LogP contribution >= 0.6 is 39.1 Å². The number of ether oxygens (including phenoxy) is 1. The van der Waals surface area contributed by atoms with Gasteiger partial charge < -0.3 is 10.1 Å². The number of carbonyl (C=O) groups excluding carboxylic acids is 3. The van der Waals surface area contributed by atoms with Gasteiger partial charge in [0.15, 0.2) is 11.8 Å². The van der Waals surface area contributed by atoms with Gasteiger partial charge in [-0.05, 0) is 37.5 Å². The molecule has 1 aromatic carbocycles. The van der Waals surface area contributed by atoms with E-state index >= 15 is 0 Å². The predicted molar refractivity (Wildman–Crippen MR) is 139 cm³/mol. The number of carbonyl (C=O) groups is 3. The fourth-order valence-electron chi connectivity index (χ4n) is 4.27. The van der Waals surface area contributed by atoms with Gasteiger partial charge in [0.2, 0.25) is 0 Å². The molecule has 2 atom stereocenters. The molecular formula is C25H22BrCl2N3O4. The molecule has 4 rings (SSSR count). The van der Waals surface area contributed by atoms with Crippen LogP contribution in [-0.2, 0) is 20.7 Å². The summed E-state index contributed by atoms with van der Waals surface area (Å²) in [6, 6.07) is 6.23. The van der Waals surface area contributed by atoms with E-state index in [4.69, 9.17) is 32.9 Å². The molecule has 1 amide bonds. The summed E-state index contributed by atoms with van der Waals surface area (Å²) in [6.45, 7) is 1.97. The topological polar surface area (TPSA) is 97.7 Å². The summed E-state index contributed by atoms with van der Waals surface area (Å²) >= 11 is 15.5. The standard InChI is InChI=1S/C25H22BrCl2N3O4/c1-2-35-24(34)18(31-21-20(26)22(32)25(21)9-3-4-10-25)11-14-5-7-15(8-6-14)30-23(33)19-16(27)12-29-13-17(19)28/h3-8,12-13,18,20H,2,9-11H2,1H3,(H,30,33)/t18-,20?/m0/s1. The molecular weight excluding hydrogens is 557 g/mol. The largest absolute Gasteiger partial charge is 0.464 e. The average Bonchev–Trinajstić information content (AvgIpc) is 3.34. The minimum atomic E-state index is -0.787. The molecule has 35 heavy (non-hydrogen) atoms. The first kappa shape index (κ1) is 25.5. The molecule has 1 unspecified atom stereocenters. The van der Waals surface area contributed by atoms with Crippen LogP contribution in [0.2, 0.25) is 10.0 Å². The van der Waals surface area contributed by atoms with Crippen LogP contribution in [0.15, 0.2) is 53.8 Å². The highest BCUT2D eigenvalue weighted by Gasteiger charge is 2.58. The Balaban J connectivity index is 1.51. The number of hydrogen-bond donors (Lipinski definition) is 1. The average molecular weight is 579 g/mol. The SMILES string of the molecule is CCOC(=O)[C@H](Cc1ccc(NC(=O)c2c(Cl)cncc2Cl)cc1)N=C1C(Br)C(=O)C12CC=CC2. The zero-order valence-corrected chi connectivity index (χ0v) is 21.9. The Morgan fingerprint density at radius 3 is 2.43 bits per heavy atom. The molecule has 182 valence electrons. The number of benzene rings is 1. The number of aromatic nitrogens is 1. The third-order valence-electron chi connectivity index (χ3n) is 6.11. The van der Waals surface area contributed by atoms with Crippen LogP contribution in [0.5, 0.6) is 0 Å². The first-order valence-corrected chi connectivity index (χ1v) is 12.7. The van der Waals surface area contributed by atoms with Crippen molar-refractivity contribution in [2.24, 2.45) is 10.4 Å². The van der Waals surface area contributed by atoms with E-state index in [1.807, 2.05) is 12.2 Å². The highest BCUT2D eigenvalue weighted by molar-refractivity contribution is 9.10. The summed E-state index contributed by atoms with van der Waals surface area (Å²) in [7, 11) is 0. The third kappa shape index (κ3) is 5.06. The molecule has 10 heteroatoms. The Labute approximate surface area is 221 Å². The number of amides is 1. The van der Waals surface area contributed by atoms with Gasteiger partial charge >= 0.3 is 5.97 Å². The molecule has 1 fully saturated rings. The van der Waals surface area contributed by atoms with Crippen molar-refractivity contribution < 1.29 is 19.1 Å². The normalized spacial score (nSPS) is 20.1. The minimum Gasteiger partial charge on any atom is -0.464 e. The lowest BCUT2D eigenvalue weighted by Crippen LogP contribution is -2.59. The number of aliphatic imine (C=N–C) groups is 1. The van der Waals surface area contributed by atoms with Crippen LogP contribution < -0.4 is 5.32 Å². The second-order valence-electron chi connectivity index (χ2n) is 8.30. The van der Waals surface area contributed by atoms with Gasteiger partial charge in [-0.15, -0.1) is 0 Å². The molecule has 1 saturated carbocycles. The second kappa shape index (κ2) is 10.6. The number of alkyl halides is 1. The minimum absolute atomic E-state index is 0.0957. The first-order chi connectivity index (χ1) is 16.8. The molecule has 0 saturated heterocycles. The number of ketones is 1. The molecule has 0 bridgehead atoms. The predicted octanol–water partition coefficient (Wildman–Crippen LogP) is 5.24. The van der Waals surface area contributed by atoms with Crippen LogP contribution in [0.4, 0.5) is 5.69 Å². The number of allylic oxidation sites excluding steroid dienone is 2. The van der Waals surface area contributed by atoms with Gasteiger partial charge in [0, 0.05) is 30.2 Å². The molecule has 7 nitrogen and oxygen atoms in total. The molecule has 2 aromatic rings. The van der Waals surface area contributed by atoms with Crippen molar-refractivity contribution in [1.82, 2.24) is 4.98 Å². The van der Waals surface area contributed by atoms with Crippen LogP contribution in [0.25, 0.3) is 0 Å². The zero-order chi connectivity index (χ0) is 25.2. The Morgan fingerprint density at radius 2 is 1.83 bits per heavy atom. The van der Waals surface area contributed by atoms with E-state index in [1.54, 1.807) is 31.2 Å². The number of nitrogens with zero attached hydrogens (tertiary/aromatic N) is 2. The van der Waals surface area contributed by atoms with Gasteiger partial charge in [-0.3, -0.25) is 19.6 Å². The van der Waals surface area contributed by atoms with E-state index in [0.717, 1.165) is 5.56 Å². The Kier molecular flexibility index (Phi) is 7.73. The number of halogens is 3. The molecule has 1 aromatic heterocycles. The van der Waals surface area contributed by atoms with Gasteiger partial charge in [0.05, 0.1) is 27.6 Å². The maximum Gasteiger partial charge on any atom is 0.331 e. The van der Waals surface area contributed by atoms with Crippen molar-refractivity contribution in [3.8, 4) is 0 Å². The van der Waals surface area contributed by atoms with Crippen molar-refractivity contribution >= 4 is 68.2 Å². The van der Waals surface area contributed by atoms with Crippen molar-refractivity contribution in [3.63, 3.8) is 0 Å². The van der Waals surface area contributed by atoms with Crippen LogP contribution in [0, 0.1) is 5.41 Å². The molecule has 0 aliphatic heterocycles. The lowest BCUT2D eigenvalue weighted by Gasteiger charge is -2.43. The molecule has 1 N–H and O–H groups in total. The monoisotopic (exact) mass is 577 g/mol. The summed E-state index contributed by atoms with van der Waals surface area (Å²) in [5, 5.41) is 3.05. The Bertz CT molecular complexity index is 1200. The van der Waals surface area contributed by atoms with E-state index in [0.29, 0.717) is 24.2 Å². The summed E-state index contributed by atoms with van der Waals surface area (Å²) in [4.78, 5) is 46.0. The molecule has 1 heterocycles. The van der Waals surface area contributed by atoms with E-state index < -0.39 is 28.2 Å². The number of Topliss-reactive ketones (excluding diaryl/α,β-unsaturated/α-hetero) is 1. The van der Waals surface area contributed by atoms with Crippen LogP contribution in [0.3, 0.4) is 0 Å². The number of rotatable bonds is 7. The third-order valence-corrected chi connectivity index (χ3v) is 7.53. The lowest BCUT2D eigenvalue weighted by molar-refractivity contribution is -0.144. The lowest BCUT2D eigenvalue weighted by atomic mass is 9.63. The zero-order valence-electron chi connectivity index (χ0n) is 18.8. The molecule has 1 spiro atoms. The first-order valence-electron chi connectivity index (χ1n) is 11.0. The number of pyridine rings is 1. The maximum atomic E-state index is 12.7. The second-order valence-corrected chi connectivity index (χ2v) is 10.0. The molecule has 0 radical (unpaired) electrons. The fourth-order valence-corrected chi connectivity index (χ4v) is 5.80. The van der Waals surface area contributed by atoms with Gasteiger partial charge in [-0.1, -0.05) is 63.4 Å². The van der Waals surface area contributed by atoms with Gasteiger partial charge in [-0.2, -0.15) is 0 Å². The highest BCUT2D eigenvalue weighted by atomic mass is 79.9. The van der Waals surface area contributed by atoms with Crippen molar-refractivity contribution in [1.29, 1.82) is 0 Å². The highest BCUT2D eigenvalue weighted by Crippen LogP contribution is 2.48. The van der Waals surface area contributed by atoms with E-state index in [1.165, 1.54) is 12.4 Å². The van der Waals surface area contributed by atoms with Gasteiger partial charge in [0.1, 0.15) is 4.83 Å². The van der Waals surface area contributed by atoms with Gasteiger partial charge in [-0.25, -0.2) is 4.79 Å². The summed E-state index contributed by atoms with van der Waals surface area (Å²) < 4.78 is 5.26. The Morgan fingerprint density at radius 1 is 1.20 bits per heavy atom. The van der Waals surface area contributed by atoms with Crippen LogP contribution in [0.1, 0.15) is 35.7 Å². The summed E-state index contributed by atoms with van der Waals surface area (Å²) in [6.07, 6.45) is 8.14. The maximum absolute atomic E-state index is 12.7. The Hall–Kier alpha value is -2.55. The van der Waals surface area contributed by atoms with Gasteiger partial charge in [0.25, 0.3) is 5.91 Å². The van der Waals surface area contributed by atoms with Crippen molar-refractivity contribution in [2.45, 2.75) is 37.1 Å². The van der Waals surface area contributed by atoms with E-state index in [-0.39, 0.29) is 34.4 Å². The number of esters is 1. The van der Waals surface area contributed by atoms with Crippen molar-refractivity contribution in [2.75, 3.05) is 11.9 Å². The number of hydrogen-bond acceptors (Lipinski definition) is 6. The molecule has 2 aliphatic rings. The quantitative estimate of drug-likeness (QED) is 0.275. The number of anilines is 1. The van der Waals surface area contributed by atoms with E-state index in [2.05, 4.69) is 26.2 Å². The molecule has 2 aliphatic carbocycles. The smallest absolute Gasteiger partial charge is 0.331 e. The van der Waals surface area contributed by atoms with Crippen LogP contribution in [-0.4, -0.2) is 45.8 Å². The number of nitrogens with one attached hydrogen (secondary N) is 1. The summed E-state index contributed by atoms with van der Waals surface area (Å²) in [5.41, 5.74) is 1.55. The fraction of sp³-hybridized carbons (Fsp3) is 0.320.